The number of carboxylic acids is 1. The van der Waals surface area contributed by atoms with Gasteiger partial charge in [-0.2, -0.15) is 0 Å². The summed E-state index contributed by atoms with van der Waals surface area (Å²) in [5.41, 5.74) is 1.87. The predicted octanol–water partition coefficient (Wildman–Crippen LogP) is 1.30. The van der Waals surface area contributed by atoms with Crippen LogP contribution in [-0.4, -0.2) is 31.1 Å². The minimum Gasteiger partial charge on any atom is -0.476 e. The van der Waals surface area contributed by atoms with Crippen LogP contribution in [0.1, 0.15) is 40.5 Å². The molecule has 2 aromatic heterocycles. The normalized spacial score (nSPS) is 14.7. The Labute approximate surface area is 103 Å². The second kappa shape index (κ2) is 4.21. The zero-order chi connectivity index (χ0) is 12.5. The van der Waals surface area contributed by atoms with Crippen LogP contribution < -0.4 is 0 Å². The van der Waals surface area contributed by atoms with E-state index < -0.39 is 5.97 Å². The molecule has 1 aliphatic carbocycles. The van der Waals surface area contributed by atoms with Crippen molar-refractivity contribution in [3.05, 3.63) is 41.5 Å². The van der Waals surface area contributed by atoms with Crippen LogP contribution in [0, 0.1) is 0 Å². The van der Waals surface area contributed by atoms with Gasteiger partial charge >= 0.3 is 5.97 Å². The predicted molar refractivity (Wildman–Crippen MR) is 62.3 cm³/mol. The van der Waals surface area contributed by atoms with E-state index in [0.717, 1.165) is 24.1 Å². The summed E-state index contributed by atoms with van der Waals surface area (Å²) in [4.78, 5) is 15.0. The average Bonchev–Trinajstić information content (AvgIpc) is 3.12. The van der Waals surface area contributed by atoms with E-state index in [1.807, 2.05) is 12.1 Å². The van der Waals surface area contributed by atoms with Gasteiger partial charge in [0.25, 0.3) is 0 Å². The van der Waals surface area contributed by atoms with Crippen molar-refractivity contribution in [1.82, 2.24) is 20.0 Å². The Morgan fingerprint density at radius 2 is 2.11 bits per heavy atom. The van der Waals surface area contributed by atoms with Gasteiger partial charge in [0, 0.05) is 18.3 Å². The van der Waals surface area contributed by atoms with Gasteiger partial charge in [0.2, 0.25) is 0 Å². The SMILES string of the molecule is O=C(O)c1nnn(Cc2ccncc2)c1C1CC1. The first-order valence-corrected chi connectivity index (χ1v) is 5.81. The summed E-state index contributed by atoms with van der Waals surface area (Å²) >= 11 is 0. The Bertz CT molecular complexity index is 575. The van der Waals surface area contributed by atoms with Gasteiger partial charge in [-0.05, 0) is 30.5 Å². The molecule has 0 spiro atoms. The standard InChI is InChI=1S/C12H12N4O2/c17-12(18)10-11(9-1-2-9)16(15-14-10)7-8-3-5-13-6-4-8/h3-6,9H,1-2,7H2,(H,17,18). The first-order valence-electron chi connectivity index (χ1n) is 5.81. The first-order chi connectivity index (χ1) is 8.75. The van der Waals surface area contributed by atoms with Gasteiger partial charge in [-0.1, -0.05) is 5.21 Å². The third kappa shape index (κ3) is 1.97. The fraction of sp³-hybridized carbons (Fsp3) is 0.333. The van der Waals surface area contributed by atoms with Crippen molar-refractivity contribution in [2.45, 2.75) is 25.3 Å². The van der Waals surface area contributed by atoms with E-state index in [1.54, 1.807) is 17.1 Å². The molecule has 6 nitrogen and oxygen atoms in total. The summed E-state index contributed by atoms with van der Waals surface area (Å²) in [7, 11) is 0. The zero-order valence-electron chi connectivity index (χ0n) is 9.65. The lowest BCUT2D eigenvalue weighted by atomic mass is 10.2. The molecule has 1 N–H and O–H groups in total. The number of carboxylic acid groups (broad SMARTS) is 1. The van der Waals surface area contributed by atoms with E-state index >= 15 is 0 Å². The summed E-state index contributed by atoms with van der Waals surface area (Å²) in [5.74, 6) is -0.703. The number of carbonyl (C=O) groups is 1. The molecule has 0 aliphatic heterocycles. The van der Waals surface area contributed by atoms with Crippen LogP contribution in [0.4, 0.5) is 0 Å². The Morgan fingerprint density at radius 1 is 1.39 bits per heavy atom. The lowest BCUT2D eigenvalue weighted by Gasteiger charge is -2.05. The van der Waals surface area contributed by atoms with Crippen molar-refractivity contribution in [2.75, 3.05) is 0 Å². The highest BCUT2D eigenvalue weighted by Gasteiger charge is 2.33. The molecule has 0 amide bonds. The number of hydrogen-bond acceptors (Lipinski definition) is 4. The first kappa shape index (κ1) is 10.9. The van der Waals surface area contributed by atoms with Crippen molar-refractivity contribution >= 4 is 5.97 Å². The lowest BCUT2D eigenvalue weighted by Crippen LogP contribution is -2.08. The molecular weight excluding hydrogens is 232 g/mol. The maximum atomic E-state index is 11.1. The van der Waals surface area contributed by atoms with E-state index in [0.29, 0.717) is 12.5 Å². The van der Waals surface area contributed by atoms with Gasteiger partial charge in [0.1, 0.15) is 0 Å². The largest absolute Gasteiger partial charge is 0.476 e. The van der Waals surface area contributed by atoms with E-state index in [4.69, 9.17) is 5.11 Å². The van der Waals surface area contributed by atoms with Crippen molar-refractivity contribution in [3.8, 4) is 0 Å². The van der Waals surface area contributed by atoms with Gasteiger partial charge in [-0.25, -0.2) is 9.48 Å². The van der Waals surface area contributed by atoms with Crippen LogP contribution in [-0.2, 0) is 6.54 Å². The van der Waals surface area contributed by atoms with Gasteiger partial charge in [-0.15, -0.1) is 5.10 Å². The van der Waals surface area contributed by atoms with Gasteiger partial charge < -0.3 is 5.11 Å². The summed E-state index contributed by atoms with van der Waals surface area (Å²) in [6.45, 7) is 0.536. The molecule has 0 radical (unpaired) electrons. The minimum atomic E-state index is -1.00. The Kier molecular flexibility index (Phi) is 2.55. The minimum absolute atomic E-state index is 0.0894. The van der Waals surface area contributed by atoms with E-state index in [-0.39, 0.29) is 5.69 Å². The average molecular weight is 244 g/mol. The topological polar surface area (TPSA) is 80.9 Å². The van der Waals surface area contributed by atoms with E-state index in [1.165, 1.54) is 0 Å². The molecule has 1 aliphatic rings. The van der Waals surface area contributed by atoms with Gasteiger partial charge in [0.05, 0.1) is 12.2 Å². The number of pyridine rings is 1. The Balaban J connectivity index is 1.95. The monoisotopic (exact) mass is 244 g/mol. The molecule has 3 rings (SSSR count). The number of aromatic carboxylic acids is 1. The third-order valence-electron chi connectivity index (χ3n) is 3.02. The molecule has 0 bridgehead atoms. The molecule has 2 aromatic rings. The second-order valence-electron chi connectivity index (χ2n) is 4.42. The molecule has 0 aromatic carbocycles. The molecule has 0 unspecified atom stereocenters. The number of hydrogen-bond donors (Lipinski definition) is 1. The summed E-state index contributed by atoms with van der Waals surface area (Å²) in [5, 5.41) is 16.8. The van der Waals surface area contributed by atoms with Crippen LogP contribution >= 0.6 is 0 Å². The van der Waals surface area contributed by atoms with Crippen LogP contribution in [0.15, 0.2) is 24.5 Å². The molecule has 6 heteroatoms. The number of aromatic nitrogens is 4. The maximum Gasteiger partial charge on any atom is 0.358 e. The second-order valence-corrected chi connectivity index (χ2v) is 4.42. The maximum absolute atomic E-state index is 11.1. The van der Waals surface area contributed by atoms with Crippen LogP contribution in [0.5, 0.6) is 0 Å². The quantitative estimate of drug-likeness (QED) is 0.876. The highest BCUT2D eigenvalue weighted by Crippen LogP contribution is 2.41. The third-order valence-corrected chi connectivity index (χ3v) is 3.02. The number of nitrogens with zero attached hydrogens (tertiary/aromatic N) is 4. The molecule has 92 valence electrons. The van der Waals surface area contributed by atoms with Crippen LogP contribution in [0.3, 0.4) is 0 Å². The molecule has 0 atom stereocenters. The zero-order valence-corrected chi connectivity index (χ0v) is 9.65. The highest BCUT2D eigenvalue weighted by atomic mass is 16.4. The summed E-state index contributed by atoms with van der Waals surface area (Å²) < 4.78 is 1.69. The number of rotatable bonds is 4. The molecule has 1 saturated carbocycles. The molecule has 0 saturated heterocycles. The summed E-state index contributed by atoms with van der Waals surface area (Å²) in [6.07, 6.45) is 5.45. The summed E-state index contributed by atoms with van der Waals surface area (Å²) in [6, 6.07) is 3.78. The van der Waals surface area contributed by atoms with Crippen molar-refractivity contribution in [2.24, 2.45) is 0 Å². The van der Waals surface area contributed by atoms with Gasteiger partial charge in [0.15, 0.2) is 5.69 Å². The van der Waals surface area contributed by atoms with E-state index in [9.17, 15) is 4.79 Å². The molecular formula is C12H12N4O2. The van der Waals surface area contributed by atoms with Gasteiger partial charge in [-0.3, -0.25) is 4.98 Å². The van der Waals surface area contributed by atoms with Crippen molar-refractivity contribution in [1.29, 1.82) is 0 Å². The molecule has 2 heterocycles. The fourth-order valence-electron chi connectivity index (χ4n) is 2.01. The fourth-order valence-corrected chi connectivity index (χ4v) is 2.01. The van der Waals surface area contributed by atoms with Crippen LogP contribution in [0.2, 0.25) is 0 Å². The van der Waals surface area contributed by atoms with Crippen molar-refractivity contribution in [3.63, 3.8) is 0 Å². The highest BCUT2D eigenvalue weighted by molar-refractivity contribution is 5.86. The Morgan fingerprint density at radius 3 is 2.72 bits per heavy atom. The van der Waals surface area contributed by atoms with E-state index in [2.05, 4.69) is 15.3 Å². The van der Waals surface area contributed by atoms with Crippen molar-refractivity contribution < 1.29 is 9.90 Å². The molecule has 1 fully saturated rings. The molecule has 18 heavy (non-hydrogen) atoms. The van der Waals surface area contributed by atoms with Crippen LogP contribution in [0.25, 0.3) is 0 Å². The lowest BCUT2D eigenvalue weighted by molar-refractivity contribution is 0.0689. The smallest absolute Gasteiger partial charge is 0.358 e. The Hall–Kier alpha value is -2.24.